The Morgan fingerprint density at radius 2 is 1.50 bits per heavy atom. The molecular formula is C33H44FN3O4S. The molecular weight excluding hydrogens is 553 g/mol. The van der Waals surface area contributed by atoms with Crippen LogP contribution in [0, 0.1) is 23.6 Å². The maximum atomic E-state index is 13.8. The fraction of sp³-hybridized carbons (Fsp3) is 0.576. The molecule has 2 aromatic carbocycles. The van der Waals surface area contributed by atoms with Crippen molar-refractivity contribution in [1.82, 2.24) is 10.2 Å². The molecule has 4 saturated carbocycles. The van der Waals surface area contributed by atoms with Crippen LogP contribution in [0.15, 0.2) is 48.5 Å². The highest BCUT2D eigenvalue weighted by Gasteiger charge is 2.51. The van der Waals surface area contributed by atoms with Crippen LogP contribution < -0.4 is 9.62 Å². The molecule has 2 aromatic rings. The number of nitrogens with one attached hydrogen (secondary N) is 1. The minimum Gasteiger partial charge on any atom is -0.352 e. The molecule has 4 aliphatic carbocycles. The number of carbonyl (C=O) groups excluding carboxylic acids is 2. The van der Waals surface area contributed by atoms with Gasteiger partial charge in [-0.05, 0) is 117 Å². The first kappa shape index (κ1) is 30.5. The lowest BCUT2D eigenvalue weighted by Crippen LogP contribution is -2.52. The zero-order valence-corrected chi connectivity index (χ0v) is 26.0. The van der Waals surface area contributed by atoms with E-state index in [4.69, 9.17) is 0 Å². The number of amides is 2. The maximum absolute atomic E-state index is 13.8. The van der Waals surface area contributed by atoms with Crippen LogP contribution >= 0.6 is 0 Å². The van der Waals surface area contributed by atoms with Crippen molar-refractivity contribution in [3.05, 3.63) is 65.5 Å². The van der Waals surface area contributed by atoms with Crippen LogP contribution in [0.25, 0.3) is 0 Å². The molecule has 228 valence electrons. The van der Waals surface area contributed by atoms with Crippen molar-refractivity contribution in [3.63, 3.8) is 0 Å². The molecule has 4 fully saturated rings. The molecule has 6 rings (SSSR count). The van der Waals surface area contributed by atoms with Gasteiger partial charge in [-0.3, -0.25) is 13.9 Å². The van der Waals surface area contributed by atoms with E-state index < -0.39 is 34.3 Å². The van der Waals surface area contributed by atoms with E-state index in [1.54, 1.807) is 19.1 Å². The standard InChI is InChI=1S/C33H44FN3O4S/c1-5-22(2)35-32(39)23(3)36(20-24-6-10-29(34)11-7-24)31(38)21-37(42(4,40)41)30-12-8-28(9-13-30)33-17-25-14-26(18-33)16-27(15-25)19-33/h6-13,22-23,25-27H,5,14-21H2,1-4H3,(H,35,39)/t22-,23-,25?,26?,27?,33?/m0/s1. The summed E-state index contributed by atoms with van der Waals surface area (Å²) in [7, 11) is -3.82. The van der Waals surface area contributed by atoms with Crippen LogP contribution in [0.3, 0.4) is 0 Å². The van der Waals surface area contributed by atoms with Gasteiger partial charge >= 0.3 is 0 Å². The van der Waals surface area contributed by atoms with Crippen molar-refractivity contribution in [2.24, 2.45) is 17.8 Å². The third kappa shape index (κ3) is 6.51. The molecule has 9 heteroatoms. The lowest BCUT2D eigenvalue weighted by molar-refractivity contribution is -0.139. The third-order valence-electron chi connectivity index (χ3n) is 9.92. The largest absolute Gasteiger partial charge is 0.352 e. The quantitative estimate of drug-likeness (QED) is 0.376. The number of hydrogen-bond acceptors (Lipinski definition) is 4. The number of benzene rings is 2. The van der Waals surface area contributed by atoms with Gasteiger partial charge in [0.25, 0.3) is 0 Å². The summed E-state index contributed by atoms with van der Waals surface area (Å²) in [4.78, 5) is 28.2. The highest BCUT2D eigenvalue weighted by Crippen LogP contribution is 2.60. The summed E-state index contributed by atoms with van der Waals surface area (Å²) < 4.78 is 40.7. The van der Waals surface area contributed by atoms with Crippen LogP contribution in [0.5, 0.6) is 0 Å². The van der Waals surface area contributed by atoms with Crippen LogP contribution in [0.1, 0.15) is 76.8 Å². The summed E-state index contributed by atoms with van der Waals surface area (Å²) in [5.74, 6) is 1.15. The molecule has 0 saturated heterocycles. The summed E-state index contributed by atoms with van der Waals surface area (Å²) in [6, 6.07) is 12.6. The highest BCUT2D eigenvalue weighted by molar-refractivity contribution is 7.92. The number of hydrogen-bond donors (Lipinski definition) is 1. The van der Waals surface area contributed by atoms with E-state index in [0.717, 1.165) is 34.7 Å². The molecule has 7 nitrogen and oxygen atoms in total. The van der Waals surface area contributed by atoms with Crippen molar-refractivity contribution in [2.75, 3.05) is 17.1 Å². The summed E-state index contributed by atoms with van der Waals surface area (Å²) in [5, 5.41) is 2.91. The Morgan fingerprint density at radius 1 is 0.952 bits per heavy atom. The third-order valence-corrected chi connectivity index (χ3v) is 11.1. The van der Waals surface area contributed by atoms with E-state index in [1.165, 1.54) is 61.1 Å². The van der Waals surface area contributed by atoms with Crippen molar-refractivity contribution >= 4 is 27.5 Å². The van der Waals surface area contributed by atoms with E-state index in [1.807, 2.05) is 26.0 Å². The average molecular weight is 598 g/mol. The highest BCUT2D eigenvalue weighted by atomic mass is 32.2. The molecule has 0 spiro atoms. The second kappa shape index (κ2) is 12.0. The summed E-state index contributed by atoms with van der Waals surface area (Å²) in [6.07, 6.45) is 9.50. The topological polar surface area (TPSA) is 86.8 Å². The number of carbonyl (C=O) groups is 2. The molecule has 2 amide bonds. The SMILES string of the molecule is CC[C@H](C)NC(=O)[C@H](C)N(Cc1ccc(F)cc1)C(=O)CN(c1ccc(C23CC4CC(CC(C4)C2)C3)cc1)S(C)(=O)=O. The molecule has 2 atom stereocenters. The predicted molar refractivity (Wildman–Crippen MR) is 163 cm³/mol. The Labute approximate surface area is 249 Å². The second-order valence-electron chi connectivity index (χ2n) is 13.2. The molecule has 0 aromatic heterocycles. The Kier molecular flexibility index (Phi) is 8.70. The first-order valence-corrected chi connectivity index (χ1v) is 17.1. The normalized spacial score (nSPS) is 26.0. The first-order chi connectivity index (χ1) is 19.9. The van der Waals surface area contributed by atoms with Gasteiger partial charge in [-0.1, -0.05) is 31.2 Å². The van der Waals surface area contributed by atoms with Crippen molar-refractivity contribution in [3.8, 4) is 0 Å². The van der Waals surface area contributed by atoms with Gasteiger partial charge in [0.1, 0.15) is 18.4 Å². The Bertz CT molecular complexity index is 1360. The molecule has 0 unspecified atom stereocenters. The monoisotopic (exact) mass is 597 g/mol. The van der Waals surface area contributed by atoms with Crippen LogP contribution in [0.2, 0.25) is 0 Å². The number of rotatable bonds is 11. The number of sulfonamides is 1. The molecule has 0 radical (unpaired) electrons. The summed E-state index contributed by atoms with van der Waals surface area (Å²) in [5.41, 5.74) is 2.53. The molecule has 0 heterocycles. The van der Waals surface area contributed by atoms with Crippen molar-refractivity contribution in [1.29, 1.82) is 0 Å². The predicted octanol–water partition coefficient (Wildman–Crippen LogP) is 5.39. The Morgan fingerprint density at radius 3 is 2.00 bits per heavy atom. The minimum absolute atomic E-state index is 0.0385. The van der Waals surface area contributed by atoms with Gasteiger partial charge in [0.15, 0.2) is 0 Å². The van der Waals surface area contributed by atoms with Gasteiger partial charge in [-0.25, -0.2) is 12.8 Å². The molecule has 4 aliphatic rings. The van der Waals surface area contributed by atoms with E-state index in [9.17, 15) is 22.4 Å². The van der Waals surface area contributed by atoms with Crippen LogP contribution in [0.4, 0.5) is 10.1 Å². The smallest absolute Gasteiger partial charge is 0.244 e. The fourth-order valence-electron chi connectivity index (χ4n) is 7.89. The molecule has 4 bridgehead atoms. The minimum atomic E-state index is -3.82. The van der Waals surface area contributed by atoms with Gasteiger partial charge in [0.05, 0.1) is 11.9 Å². The molecule has 42 heavy (non-hydrogen) atoms. The lowest BCUT2D eigenvalue weighted by atomic mass is 9.48. The van der Waals surface area contributed by atoms with Gasteiger partial charge < -0.3 is 10.2 Å². The zero-order chi connectivity index (χ0) is 30.2. The van der Waals surface area contributed by atoms with Gasteiger partial charge in [-0.2, -0.15) is 0 Å². The lowest BCUT2D eigenvalue weighted by Gasteiger charge is -2.57. The van der Waals surface area contributed by atoms with Gasteiger partial charge in [0, 0.05) is 12.6 Å². The maximum Gasteiger partial charge on any atom is 0.244 e. The van der Waals surface area contributed by atoms with E-state index in [2.05, 4.69) is 17.4 Å². The zero-order valence-electron chi connectivity index (χ0n) is 25.2. The molecule has 1 N–H and O–H groups in total. The average Bonchev–Trinajstić information content (AvgIpc) is 2.93. The number of anilines is 1. The van der Waals surface area contributed by atoms with E-state index >= 15 is 0 Å². The van der Waals surface area contributed by atoms with Crippen molar-refractivity contribution < 1.29 is 22.4 Å². The van der Waals surface area contributed by atoms with E-state index in [-0.39, 0.29) is 23.9 Å². The first-order valence-electron chi connectivity index (χ1n) is 15.3. The van der Waals surface area contributed by atoms with Crippen molar-refractivity contribution in [2.45, 2.75) is 89.8 Å². The Hall–Kier alpha value is -2.94. The summed E-state index contributed by atoms with van der Waals surface area (Å²) >= 11 is 0. The van der Waals surface area contributed by atoms with Gasteiger partial charge in [0.2, 0.25) is 21.8 Å². The van der Waals surface area contributed by atoms with Crippen LogP contribution in [-0.2, 0) is 31.6 Å². The molecule has 0 aliphatic heterocycles. The number of halogens is 1. The fourth-order valence-corrected chi connectivity index (χ4v) is 8.74. The van der Waals surface area contributed by atoms with E-state index in [0.29, 0.717) is 11.3 Å². The summed E-state index contributed by atoms with van der Waals surface area (Å²) in [6.45, 7) is 5.06. The number of nitrogens with zero attached hydrogens (tertiary/aromatic N) is 2. The second-order valence-corrected chi connectivity index (χ2v) is 15.1. The van der Waals surface area contributed by atoms with Crippen LogP contribution in [-0.4, -0.2) is 50.0 Å². The Balaban J connectivity index is 1.38. The van der Waals surface area contributed by atoms with Gasteiger partial charge in [-0.15, -0.1) is 0 Å².